The third kappa shape index (κ3) is 6.33. The lowest BCUT2D eigenvalue weighted by atomic mass is 10.0. The summed E-state index contributed by atoms with van der Waals surface area (Å²) in [6.07, 6.45) is 0.242. The third-order valence-electron chi connectivity index (χ3n) is 5.27. The van der Waals surface area contributed by atoms with Gasteiger partial charge in [-0.15, -0.1) is 0 Å². The van der Waals surface area contributed by atoms with E-state index >= 15 is 0 Å². The molecule has 0 spiro atoms. The van der Waals surface area contributed by atoms with Crippen LogP contribution in [0, 0.1) is 0 Å². The average molecular weight is 439 g/mol. The number of benzene rings is 2. The summed E-state index contributed by atoms with van der Waals surface area (Å²) in [6.45, 7) is 5.56. The second kappa shape index (κ2) is 9.85. The fraction of sp³-hybridized carbons (Fsp3) is 0.400. The van der Waals surface area contributed by atoms with Crippen LogP contribution in [0.2, 0.25) is 0 Å². The van der Waals surface area contributed by atoms with Gasteiger partial charge < -0.3 is 20.1 Å². The van der Waals surface area contributed by atoms with E-state index < -0.39 is 23.8 Å². The van der Waals surface area contributed by atoms with E-state index in [1.165, 1.54) is 12.1 Å². The van der Waals surface area contributed by atoms with Gasteiger partial charge >= 0.3 is 6.09 Å². The highest BCUT2D eigenvalue weighted by atomic mass is 16.6. The van der Waals surface area contributed by atoms with Gasteiger partial charge in [0.15, 0.2) is 5.78 Å². The van der Waals surface area contributed by atoms with Crippen LogP contribution in [0.4, 0.5) is 4.79 Å². The van der Waals surface area contributed by atoms with E-state index in [4.69, 9.17) is 4.74 Å². The number of nitrogens with one attached hydrogen (secondary N) is 1. The molecule has 2 aromatic carbocycles. The summed E-state index contributed by atoms with van der Waals surface area (Å²) in [5.41, 5.74) is 1.03. The van der Waals surface area contributed by atoms with Crippen molar-refractivity contribution in [1.82, 2.24) is 10.2 Å². The molecule has 0 unspecified atom stereocenters. The van der Waals surface area contributed by atoms with E-state index in [9.17, 15) is 19.5 Å². The summed E-state index contributed by atoms with van der Waals surface area (Å²) in [7, 11) is 0. The molecule has 2 amide bonds. The number of hydrogen-bond donors (Lipinski definition) is 2. The number of alkyl carbamates (subject to hydrolysis) is 1. The second-order valence-electron chi connectivity index (χ2n) is 9.02. The number of hydrogen-bond acceptors (Lipinski definition) is 5. The fourth-order valence-corrected chi connectivity index (χ4v) is 3.77. The smallest absolute Gasteiger partial charge is 0.408 e. The molecule has 7 heteroatoms. The first-order chi connectivity index (χ1) is 15.1. The SMILES string of the molecule is CC(C)(C)OC(=O)N[C@@H](Cc1ccc(O)cc1)C(=O)N1CCC(=O)[C@@H]1Cc1ccccc1. The van der Waals surface area contributed by atoms with Crippen LogP contribution in [0.25, 0.3) is 0 Å². The first-order valence-corrected chi connectivity index (χ1v) is 10.8. The van der Waals surface area contributed by atoms with Gasteiger partial charge in [-0.1, -0.05) is 42.5 Å². The lowest BCUT2D eigenvalue weighted by molar-refractivity contribution is -0.136. The second-order valence-corrected chi connectivity index (χ2v) is 9.02. The molecule has 3 rings (SSSR count). The summed E-state index contributed by atoms with van der Waals surface area (Å²) < 4.78 is 5.35. The van der Waals surface area contributed by atoms with Gasteiger partial charge in [0.1, 0.15) is 17.4 Å². The minimum atomic E-state index is -0.904. The molecule has 0 bridgehead atoms. The van der Waals surface area contributed by atoms with Crippen molar-refractivity contribution in [3.8, 4) is 5.75 Å². The van der Waals surface area contributed by atoms with Crippen LogP contribution >= 0.6 is 0 Å². The van der Waals surface area contributed by atoms with E-state index in [-0.39, 0.29) is 23.9 Å². The molecule has 32 heavy (non-hydrogen) atoms. The predicted molar refractivity (Wildman–Crippen MR) is 120 cm³/mol. The Labute approximate surface area is 188 Å². The maximum Gasteiger partial charge on any atom is 0.408 e. The number of Topliss-reactive ketones (excluding diaryl/α,β-unsaturated/α-hetero) is 1. The molecular weight excluding hydrogens is 408 g/mol. The number of carbonyl (C=O) groups is 3. The molecule has 0 saturated carbocycles. The van der Waals surface area contributed by atoms with Crippen molar-refractivity contribution in [2.75, 3.05) is 6.54 Å². The van der Waals surface area contributed by atoms with E-state index in [1.54, 1.807) is 37.8 Å². The molecule has 170 valence electrons. The highest BCUT2D eigenvalue weighted by molar-refractivity contribution is 5.95. The number of nitrogens with zero attached hydrogens (tertiary/aromatic N) is 1. The summed E-state index contributed by atoms with van der Waals surface area (Å²) in [5, 5.41) is 12.2. The Balaban J connectivity index is 1.81. The summed E-state index contributed by atoms with van der Waals surface area (Å²) in [6, 6.07) is 14.6. The average Bonchev–Trinajstić information content (AvgIpc) is 3.08. The Morgan fingerprint density at radius 1 is 1.09 bits per heavy atom. The number of likely N-dealkylation sites (tertiary alicyclic amines) is 1. The quantitative estimate of drug-likeness (QED) is 0.722. The fourth-order valence-electron chi connectivity index (χ4n) is 3.77. The first-order valence-electron chi connectivity index (χ1n) is 10.8. The lowest BCUT2D eigenvalue weighted by Crippen LogP contribution is -2.53. The number of phenolic OH excluding ortho intramolecular Hbond substituents is 1. The first kappa shape index (κ1) is 23.3. The summed E-state index contributed by atoms with van der Waals surface area (Å²) >= 11 is 0. The minimum Gasteiger partial charge on any atom is -0.508 e. The lowest BCUT2D eigenvalue weighted by Gasteiger charge is -2.29. The highest BCUT2D eigenvalue weighted by Gasteiger charge is 2.39. The van der Waals surface area contributed by atoms with Crippen LogP contribution in [0.15, 0.2) is 54.6 Å². The van der Waals surface area contributed by atoms with Crippen LogP contribution in [-0.4, -0.2) is 52.0 Å². The van der Waals surface area contributed by atoms with Crippen molar-refractivity contribution in [3.05, 3.63) is 65.7 Å². The largest absolute Gasteiger partial charge is 0.508 e. The minimum absolute atomic E-state index is 0.0165. The molecule has 2 atom stereocenters. The zero-order valence-electron chi connectivity index (χ0n) is 18.7. The molecule has 0 aromatic heterocycles. The number of carbonyl (C=O) groups excluding carboxylic acids is 3. The normalized spacial score (nSPS) is 17.2. The van der Waals surface area contributed by atoms with Crippen molar-refractivity contribution in [2.45, 2.75) is 57.7 Å². The molecule has 1 aliphatic heterocycles. The van der Waals surface area contributed by atoms with Crippen molar-refractivity contribution in [2.24, 2.45) is 0 Å². The number of ether oxygens (including phenoxy) is 1. The Morgan fingerprint density at radius 3 is 2.38 bits per heavy atom. The maximum absolute atomic E-state index is 13.5. The Bertz CT molecular complexity index is 951. The van der Waals surface area contributed by atoms with Crippen LogP contribution in [0.5, 0.6) is 5.75 Å². The van der Waals surface area contributed by atoms with Crippen LogP contribution in [0.1, 0.15) is 38.3 Å². The van der Waals surface area contributed by atoms with Crippen molar-refractivity contribution < 1.29 is 24.2 Å². The van der Waals surface area contributed by atoms with Gasteiger partial charge in [0.2, 0.25) is 5.91 Å². The monoisotopic (exact) mass is 438 g/mol. The summed E-state index contributed by atoms with van der Waals surface area (Å²) in [4.78, 5) is 40.1. The van der Waals surface area contributed by atoms with Gasteiger partial charge in [0.25, 0.3) is 0 Å². The number of phenols is 1. The van der Waals surface area contributed by atoms with Crippen LogP contribution < -0.4 is 5.32 Å². The topological polar surface area (TPSA) is 95.9 Å². The number of ketones is 1. The molecule has 0 aliphatic carbocycles. The van der Waals surface area contributed by atoms with Gasteiger partial charge in [-0.3, -0.25) is 9.59 Å². The molecule has 7 nitrogen and oxygen atoms in total. The Kier molecular flexibility index (Phi) is 7.18. The van der Waals surface area contributed by atoms with Gasteiger partial charge in [0, 0.05) is 19.4 Å². The van der Waals surface area contributed by atoms with E-state index in [2.05, 4.69) is 5.32 Å². The van der Waals surface area contributed by atoms with Gasteiger partial charge in [-0.05, 0) is 50.5 Å². The number of amides is 2. The van der Waals surface area contributed by atoms with Crippen molar-refractivity contribution in [3.63, 3.8) is 0 Å². The molecule has 0 radical (unpaired) electrons. The standard InChI is InChI=1S/C25H30N2O5/c1-25(2,3)32-24(31)26-20(15-18-9-11-19(28)12-10-18)23(30)27-14-13-22(29)21(27)16-17-7-5-4-6-8-17/h4-12,20-21,28H,13-16H2,1-3H3,(H,26,31)/t20-,21-/m0/s1. The van der Waals surface area contributed by atoms with Crippen molar-refractivity contribution in [1.29, 1.82) is 0 Å². The zero-order valence-corrected chi connectivity index (χ0v) is 18.7. The Hall–Kier alpha value is -3.35. The molecule has 1 saturated heterocycles. The van der Waals surface area contributed by atoms with Gasteiger partial charge in [-0.2, -0.15) is 0 Å². The van der Waals surface area contributed by atoms with E-state index in [0.29, 0.717) is 19.4 Å². The van der Waals surface area contributed by atoms with E-state index in [1.807, 2.05) is 30.3 Å². The third-order valence-corrected chi connectivity index (χ3v) is 5.27. The van der Waals surface area contributed by atoms with Crippen LogP contribution in [0.3, 0.4) is 0 Å². The molecular formula is C25H30N2O5. The van der Waals surface area contributed by atoms with Crippen molar-refractivity contribution >= 4 is 17.8 Å². The summed E-state index contributed by atoms with van der Waals surface area (Å²) in [5.74, 6) is -0.191. The molecule has 2 aromatic rings. The predicted octanol–water partition coefficient (Wildman–Crippen LogP) is 3.24. The maximum atomic E-state index is 13.5. The zero-order chi connectivity index (χ0) is 23.3. The molecule has 1 heterocycles. The number of aromatic hydroxyl groups is 1. The number of rotatable bonds is 6. The molecule has 1 aliphatic rings. The van der Waals surface area contributed by atoms with E-state index in [0.717, 1.165) is 11.1 Å². The highest BCUT2D eigenvalue weighted by Crippen LogP contribution is 2.21. The van der Waals surface area contributed by atoms with Gasteiger partial charge in [0.05, 0.1) is 6.04 Å². The molecule has 2 N–H and O–H groups in total. The Morgan fingerprint density at radius 2 is 1.75 bits per heavy atom. The molecule has 1 fully saturated rings. The van der Waals surface area contributed by atoms with Crippen LogP contribution in [-0.2, 0) is 27.2 Å². The van der Waals surface area contributed by atoms with Gasteiger partial charge in [-0.25, -0.2) is 4.79 Å².